The van der Waals surface area contributed by atoms with E-state index in [2.05, 4.69) is 10.2 Å². The van der Waals surface area contributed by atoms with Crippen LogP contribution in [-0.4, -0.2) is 59.6 Å². The molecule has 2 aliphatic rings. The minimum absolute atomic E-state index is 0.175. The van der Waals surface area contributed by atoms with E-state index < -0.39 is 12.2 Å². The highest BCUT2D eigenvalue weighted by molar-refractivity contribution is 5.67. The SMILES string of the molecule is O=C(NCC(O)CCN1CCC2(CC2)C(O)C1)OCc1ccccc1. The van der Waals surface area contributed by atoms with Crippen molar-refractivity contribution in [2.45, 2.75) is 44.5 Å². The molecule has 138 valence electrons. The molecule has 25 heavy (non-hydrogen) atoms. The lowest BCUT2D eigenvalue weighted by Crippen LogP contribution is -2.46. The zero-order chi connectivity index (χ0) is 17.7. The van der Waals surface area contributed by atoms with E-state index in [1.54, 1.807) is 0 Å². The molecule has 0 aromatic heterocycles. The number of nitrogens with one attached hydrogen (secondary N) is 1. The second-order valence-corrected chi connectivity index (χ2v) is 7.31. The third-order valence-corrected chi connectivity index (χ3v) is 5.43. The largest absolute Gasteiger partial charge is 0.445 e. The number of aliphatic hydroxyl groups is 2. The standard InChI is InChI=1S/C19H28N2O4/c22-16(6-10-21-11-9-19(7-8-19)17(23)13-21)12-20-18(24)25-14-15-4-2-1-3-5-15/h1-5,16-17,22-23H,6-14H2,(H,20,24). The smallest absolute Gasteiger partial charge is 0.407 e. The minimum atomic E-state index is -0.613. The quantitative estimate of drug-likeness (QED) is 0.696. The maximum absolute atomic E-state index is 11.7. The summed E-state index contributed by atoms with van der Waals surface area (Å²) < 4.78 is 5.11. The summed E-state index contributed by atoms with van der Waals surface area (Å²) in [4.78, 5) is 13.9. The molecule has 1 saturated heterocycles. The van der Waals surface area contributed by atoms with Crippen molar-refractivity contribution in [3.8, 4) is 0 Å². The number of carbonyl (C=O) groups is 1. The van der Waals surface area contributed by atoms with Crippen molar-refractivity contribution in [3.63, 3.8) is 0 Å². The van der Waals surface area contributed by atoms with Gasteiger partial charge in [-0.2, -0.15) is 0 Å². The second-order valence-electron chi connectivity index (χ2n) is 7.31. The van der Waals surface area contributed by atoms with Gasteiger partial charge in [0, 0.05) is 19.6 Å². The first kappa shape index (κ1) is 18.2. The predicted molar refractivity (Wildman–Crippen MR) is 94.0 cm³/mol. The summed E-state index contributed by atoms with van der Waals surface area (Å²) in [6, 6.07) is 9.47. The van der Waals surface area contributed by atoms with Crippen LogP contribution < -0.4 is 5.32 Å². The number of benzene rings is 1. The average molecular weight is 348 g/mol. The molecule has 6 nitrogen and oxygen atoms in total. The topological polar surface area (TPSA) is 82.0 Å². The van der Waals surface area contributed by atoms with Gasteiger partial charge in [0.05, 0.1) is 12.2 Å². The number of aliphatic hydroxyl groups excluding tert-OH is 2. The van der Waals surface area contributed by atoms with Crippen LogP contribution in [-0.2, 0) is 11.3 Å². The summed E-state index contributed by atoms with van der Waals surface area (Å²) in [5, 5.41) is 22.8. The van der Waals surface area contributed by atoms with Gasteiger partial charge in [0.1, 0.15) is 6.61 Å². The first-order valence-electron chi connectivity index (χ1n) is 9.10. The van der Waals surface area contributed by atoms with Gasteiger partial charge in [-0.1, -0.05) is 30.3 Å². The Bertz CT molecular complexity index is 562. The van der Waals surface area contributed by atoms with Gasteiger partial charge in [0.25, 0.3) is 0 Å². The molecule has 1 aromatic carbocycles. The number of ether oxygens (including phenoxy) is 1. The lowest BCUT2D eigenvalue weighted by atomic mass is 9.90. The third-order valence-electron chi connectivity index (χ3n) is 5.43. The number of piperidine rings is 1. The average Bonchev–Trinajstić information content (AvgIpc) is 3.41. The van der Waals surface area contributed by atoms with E-state index in [0.717, 1.165) is 37.9 Å². The molecule has 1 aliphatic heterocycles. The van der Waals surface area contributed by atoms with Crippen LogP contribution in [0.25, 0.3) is 0 Å². The Hall–Kier alpha value is -1.63. The highest BCUT2D eigenvalue weighted by Gasteiger charge is 2.50. The number of likely N-dealkylation sites (tertiary alicyclic amines) is 1. The monoisotopic (exact) mass is 348 g/mol. The summed E-state index contributed by atoms with van der Waals surface area (Å²) in [7, 11) is 0. The van der Waals surface area contributed by atoms with Crippen LogP contribution >= 0.6 is 0 Å². The first-order chi connectivity index (χ1) is 12.1. The fraction of sp³-hybridized carbons (Fsp3) is 0.632. The van der Waals surface area contributed by atoms with Crippen molar-refractivity contribution >= 4 is 6.09 Å². The van der Waals surface area contributed by atoms with Gasteiger partial charge in [-0.05, 0) is 43.2 Å². The summed E-state index contributed by atoms with van der Waals surface area (Å²) in [5.74, 6) is 0. The maximum atomic E-state index is 11.7. The zero-order valence-corrected chi connectivity index (χ0v) is 14.6. The molecule has 1 saturated carbocycles. The van der Waals surface area contributed by atoms with E-state index in [1.165, 1.54) is 0 Å². The number of rotatable bonds is 7. The molecule has 1 aliphatic carbocycles. The van der Waals surface area contributed by atoms with Crippen LogP contribution in [0.4, 0.5) is 4.79 Å². The Morgan fingerprint density at radius 3 is 2.76 bits per heavy atom. The minimum Gasteiger partial charge on any atom is -0.445 e. The molecular weight excluding hydrogens is 320 g/mol. The van der Waals surface area contributed by atoms with Crippen LogP contribution in [0.5, 0.6) is 0 Å². The molecule has 1 spiro atoms. The highest BCUT2D eigenvalue weighted by Crippen LogP contribution is 2.53. The summed E-state index contributed by atoms with van der Waals surface area (Å²) >= 11 is 0. The Morgan fingerprint density at radius 1 is 1.32 bits per heavy atom. The Kier molecular flexibility index (Phi) is 5.93. The van der Waals surface area contributed by atoms with E-state index in [-0.39, 0.29) is 24.7 Å². The van der Waals surface area contributed by atoms with Gasteiger partial charge in [0.15, 0.2) is 0 Å². The predicted octanol–water partition coefficient (Wildman–Crippen LogP) is 1.51. The lowest BCUT2D eigenvalue weighted by molar-refractivity contribution is 0.00361. The molecular formula is C19H28N2O4. The molecule has 3 N–H and O–H groups in total. The van der Waals surface area contributed by atoms with Gasteiger partial charge in [0.2, 0.25) is 0 Å². The van der Waals surface area contributed by atoms with E-state index >= 15 is 0 Å². The molecule has 2 unspecified atom stereocenters. The molecule has 0 radical (unpaired) electrons. The molecule has 2 fully saturated rings. The molecule has 0 bridgehead atoms. The Morgan fingerprint density at radius 2 is 2.08 bits per heavy atom. The van der Waals surface area contributed by atoms with Crippen molar-refractivity contribution in [1.29, 1.82) is 0 Å². The Balaban J connectivity index is 1.27. The van der Waals surface area contributed by atoms with Crippen molar-refractivity contribution in [1.82, 2.24) is 10.2 Å². The summed E-state index contributed by atoms with van der Waals surface area (Å²) in [6.45, 7) is 2.80. The third kappa shape index (κ3) is 5.17. The number of β-amino-alcohol motifs (C(OH)–C–C–N with tert-alkyl or cyclic N) is 1. The number of nitrogens with zero attached hydrogens (tertiary/aromatic N) is 1. The summed E-state index contributed by atoms with van der Waals surface area (Å²) in [5.41, 5.74) is 1.13. The van der Waals surface area contributed by atoms with Crippen LogP contribution in [0.1, 0.15) is 31.2 Å². The second kappa shape index (κ2) is 8.17. The van der Waals surface area contributed by atoms with Gasteiger partial charge in [-0.3, -0.25) is 0 Å². The first-order valence-corrected chi connectivity index (χ1v) is 9.10. The normalized spacial score (nSPS) is 23.2. The van der Waals surface area contributed by atoms with Gasteiger partial charge >= 0.3 is 6.09 Å². The van der Waals surface area contributed by atoms with Crippen molar-refractivity contribution < 1.29 is 19.7 Å². The number of carbonyl (C=O) groups excluding carboxylic acids is 1. The molecule has 1 heterocycles. The molecule has 3 rings (SSSR count). The van der Waals surface area contributed by atoms with Gasteiger partial charge < -0.3 is 25.2 Å². The van der Waals surface area contributed by atoms with Crippen LogP contribution in [0.3, 0.4) is 0 Å². The van der Waals surface area contributed by atoms with E-state index in [9.17, 15) is 15.0 Å². The molecule has 1 aromatic rings. The van der Waals surface area contributed by atoms with Crippen molar-refractivity contribution in [3.05, 3.63) is 35.9 Å². The highest BCUT2D eigenvalue weighted by atomic mass is 16.5. The maximum Gasteiger partial charge on any atom is 0.407 e. The molecule has 1 amide bonds. The van der Waals surface area contributed by atoms with Crippen LogP contribution in [0, 0.1) is 5.41 Å². The number of hydrogen-bond donors (Lipinski definition) is 3. The van der Waals surface area contributed by atoms with Crippen molar-refractivity contribution in [2.24, 2.45) is 5.41 Å². The van der Waals surface area contributed by atoms with E-state index in [4.69, 9.17) is 4.74 Å². The van der Waals surface area contributed by atoms with Crippen LogP contribution in [0.15, 0.2) is 30.3 Å². The fourth-order valence-electron chi connectivity index (χ4n) is 3.43. The molecule has 6 heteroatoms. The lowest BCUT2D eigenvalue weighted by Gasteiger charge is -2.36. The van der Waals surface area contributed by atoms with Crippen molar-refractivity contribution in [2.75, 3.05) is 26.2 Å². The molecule has 2 atom stereocenters. The van der Waals surface area contributed by atoms with E-state index in [1.807, 2.05) is 30.3 Å². The zero-order valence-electron chi connectivity index (χ0n) is 14.6. The fourth-order valence-corrected chi connectivity index (χ4v) is 3.43. The van der Waals surface area contributed by atoms with E-state index in [0.29, 0.717) is 13.0 Å². The Labute approximate surface area is 148 Å². The van der Waals surface area contributed by atoms with Gasteiger partial charge in [-0.25, -0.2) is 4.79 Å². The number of alkyl carbamates (subject to hydrolysis) is 1. The van der Waals surface area contributed by atoms with Gasteiger partial charge in [-0.15, -0.1) is 0 Å². The number of amides is 1. The number of hydrogen-bond acceptors (Lipinski definition) is 5. The van der Waals surface area contributed by atoms with Crippen LogP contribution in [0.2, 0.25) is 0 Å². The summed E-state index contributed by atoms with van der Waals surface area (Å²) in [6.07, 6.45) is 2.56.